The number of carbonyl (C=O) groups is 1. The maximum absolute atomic E-state index is 13.0. The fourth-order valence-electron chi connectivity index (χ4n) is 3.51. The number of fused-ring (bicyclic) bond motifs is 1. The van der Waals surface area contributed by atoms with Gasteiger partial charge in [-0.1, -0.05) is 66.7 Å². The van der Waals surface area contributed by atoms with E-state index in [-0.39, 0.29) is 11.7 Å². The fourth-order valence-corrected chi connectivity index (χ4v) is 3.51. The Bertz CT molecular complexity index is 1020. The van der Waals surface area contributed by atoms with Gasteiger partial charge in [0.05, 0.1) is 5.56 Å². The number of Topliss-reactive ketones (excluding diaryl/α,β-unsaturated/α-hetero) is 1. The third-order valence-electron chi connectivity index (χ3n) is 4.78. The van der Waals surface area contributed by atoms with Crippen molar-refractivity contribution in [2.75, 3.05) is 0 Å². The fraction of sp³-hybridized carbons (Fsp3) is 0.0870. The second-order valence-corrected chi connectivity index (χ2v) is 6.48. The average Bonchev–Trinajstić information content (AvgIpc) is 2.94. The molecule has 0 bridgehead atoms. The van der Waals surface area contributed by atoms with E-state index in [9.17, 15) is 18.0 Å². The van der Waals surface area contributed by atoms with E-state index in [1.54, 1.807) is 12.1 Å². The number of halogens is 3. The van der Waals surface area contributed by atoms with Gasteiger partial charge in [0.1, 0.15) is 0 Å². The quantitative estimate of drug-likeness (QED) is 0.501. The molecular formula is C23H15F3O. The smallest absolute Gasteiger partial charge is 0.289 e. The predicted molar refractivity (Wildman–Crippen MR) is 98.5 cm³/mol. The minimum Gasteiger partial charge on any atom is -0.289 e. The van der Waals surface area contributed by atoms with Crippen molar-refractivity contribution in [2.24, 2.45) is 0 Å². The molecule has 0 saturated heterocycles. The van der Waals surface area contributed by atoms with Crippen LogP contribution in [-0.4, -0.2) is 5.78 Å². The molecule has 0 aromatic heterocycles. The van der Waals surface area contributed by atoms with Crippen molar-refractivity contribution in [3.8, 4) is 0 Å². The minimum atomic E-state index is -4.38. The molecule has 3 aromatic carbocycles. The summed E-state index contributed by atoms with van der Waals surface area (Å²) in [6, 6.07) is 22.0. The Kier molecular flexibility index (Phi) is 4.19. The van der Waals surface area contributed by atoms with E-state index >= 15 is 0 Å². The molecule has 1 aliphatic carbocycles. The van der Waals surface area contributed by atoms with Gasteiger partial charge in [0.25, 0.3) is 0 Å². The van der Waals surface area contributed by atoms with Gasteiger partial charge in [-0.05, 0) is 34.9 Å². The maximum atomic E-state index is 13.0. The molecule has 134 valence electrons. The van der Waals surface area contributed by atoms with Gasteiger partial charge in [-0.15, -0.1) is 0 Å². The lowest BCUT2D eigenvalue weighted by atomic mass is 9.89. The lowest BCUT2D eigenvalue weighted by Gasteiger charge is -2.14. The van der Waals surface area contributed by atoms with Crippen LogP contribution in [0, 0.1) is 0 Å². The molecule has 1 atom stereocenters. The average molecular weight is 364 g/mol. The molecule has 0 unspecified atom stereocenters. The van der Waals surface area contributed by atoms with E-state index in [2.05, 4.69) is 0 Å². The van der Waals surface area contributed by atoms with Gasteiger partial charge in [-0.25, -0.2) is 0 Å². The van der Waals surface area contributed by atoms with Crippen molar-refractivity contribution >= 4 is 11.9 Å². The Morgan fingerprint density at radius 2 is 1.41 bits per heavy atom. The Hall–Kier alpha value is -3.14. The van der Waals surface area contributed by atoms with Crippen LogP contribution in [0.1, 0.15) is 38.5 Å². The van der Waals surface area contributed by atoms with E-state index in [1.165, 1.54) is 12.1 Å². The van der Waals surface area contributed by atoms with Gasteiger partial charge >= 0.3 is 6.18 Å². The first-order valence-corrected chi connectivity index (χ1v) is 8.52. The highest BCUT2D eigenvalue weighted by Gasteiger charge is 2.35. The molecule has 0 fully saturated rings. The van der Waals surface area contributed by atoms with Gasteiger partial charge in [0.15, 0.2) is 5.78 Å². The van der Waals surface area contributed by atoms with Gasteiger partial charge in [0.2, 0.25) is 0 Å². The van der Waals surface area contributed by atoms with Crippen molar-refractivity contribution in [1.29, 1.82) is 0 Å². The van der Waals surface area contributed by atoms with Crippen LogP contribution in [0.5, 0.6) is 0 Å². The van der Waals surface area contributed by atoms with Crippen LogP contribution in [0.2, 0.25) is 0 Å². The Labute approximate surface area is 154 Å². The second kappa shape index (κ2) is 6.54. The molecule has 0 radical (unpaired) electrons. The number of carbonyl (C=O) groups excluding carboxylic acids is 1. The zero-order valence-electron chi connectivity index (χ0n) is 14.2. The van der Waals surface area contributed by atoms with E-state index in [0.717, 1.165) is 23.3 Å². The maximum Gasteiger partial charge on any atom is 0.416 e. The van der Waals surface area contributed by atoms with E-state index in [4.69, 9.17) is 0 Å². The zero-order valence-corrected chi connectivity index (χ0v) is 14.2. The van der Waals surface area contributed by atoms with Crippen molar-refractivity contribution in [2.45, 2.75) is 12.1 Å². The molecular weight excluding hydrogens is 349 g/mol. The number of benzene rings is 3. The summed E-state index contributed by atoms with van der Waals surface area (Å²) in [5, 5.41) is 0. The molecule has 0 N–H and O–H groups in total. The molecule has 0 aliphatic heterocycles. The number of hydrogen-bond donors (Lipinski definition) is 0. The Balaban J connectivity index is 1.81. The summed E-state index contributed by atoms with van der Waals surface area (Å²) in [4.78, 5) is 13.0. The van der Waals surface area contributed by atoms with Crippen LogP contribution in [0.3, 0.4) is 0 Å². The topological polar surface area (TPSA) is 17.1 Å². The SMILES string of the molecule is O=C1/C(=C/c2ccc(C(F)(F)F)cc2)[C@H](c2ccccc2)c2ccccc21. The summed E-state index contributed by atoms with van der Waals surface area (Å²) in [7, 11) is 0. The normalized spacial score (nSPS) is 18.0. The molecule has 1 nitrogen and oxygen atoms in total. The third-order valence-corrected chi connectivity index (χ3v) is 4.78. The summed E-state index contributed by atoms with van der Waals surface area (Å²) in [6.45, 7) is 0. The summed E-state index contributed by atoms with van der Waals surface area (Å²) in [5.41, 5.74) is 2.98. The highest BCUT2D eigenvalue weighted by molar-refractivity contribution is 6.17. The molecule has 1 aliphatic rings. The molecule has 0 spiro atoms. The van der Waals surface area contributed by atoms with Crippen molar-refractivity contribution in [3.63, 3.8) is 0 Å². The molecule has 4 heteroatoms. The van der Waals surface area contributed by atoms with Crippen LogP contribution >= 0.6 is 0 Å². The number of hydrogen-bond acceptors (Lipinski definition) is 1. The summed E-state index contributed by atoms with van der Waals surface area (Å²) >= 11 is 0. The minimum absolute atomic E-state index is 0.0839. The number of alkyl halides is 3. The lowest BCUT2D eigenvalue weighted by Crippen LogP contribution is -2.04. The van der Waals surface area contributed by atoms with Crippen molar-refractivity contribution in [1.82, 2.24) is 0 Å². The van der Waals surface area contributed by atoms with E-state index in [0.29, 0.717) is 16.7 Å². The zero-order chi connectivity index (χ0) is 19.0. The van der Waals surface area contributed by atoms with Crippen LogP contribution in [0.4, 0.5) is 13.2 Å². The first kappa shape index (κ1) is 17.3. The Morgan fingerprint density at radius 1 is 0.778 bits per heavy atom. The first-order chi connectivity index (χ1) is 12.9. The second-order valence-electron chi connectivity index (χ2n) is 6.48. The van der Waals surface area contributed by atoms with Crippen LogP contribution in [-0.2, 0) is 6.18 Å². The van der Waals surface area contributed by atoms with Gasteiger partial charge in [-0.2, -0.15) is 13.2 Å². The molecule has 3 aromatic rings. The Morgan fingerprint density at radius 3 is 2.07 bits per heavy atom. The standard InChI is InChI=1S/C23H15F3O/c24-23(25,26)17-12-10-15(11-13-17)14-20-21(16-6-2-1-3-7-16)18-8-4-5-9-19(18)22(20)27/h1-14,21H/b20-14+/t21-/m1/s1. The van der Waals surface area contributed by atoms with E-state index in [1.807, 2.05) is 48.5 Å². The van der Waals surface area contributed by atoms with Crippen molar-refractivity contribution < 1.29 is 18.0 Å². The summed E-state index contributed by atoms with van der Waals surface area (Å²) in [6.07, 6.45) is -2.68. The molecule has 0 saturated carbocycles. The lowest BCUT2D eigenvalue weighted by molar-refractivity contribution is -0.137. The third kappa shape index (κ3) is 3.19. The molecule has 0 heterocycles. The number of rotatable bonds is 2. The van der Waals surface area contributed by atoms with Crippen LogP contribution in [0.15, 0.2) is 84.4 Å². The van der Waals surface area contributed by atoms with Gasteiger partial charge < -0.3 is 0 Å². The molecule has 4 rings (SSSR count). The van der Waals surface area contributed by atoms with Crippen molar-refractivity contribution in [3.05, 3.63) is 112 Å². The summed E-state index contributed by atoms with van der Waals surface area (Å²) < 4.78 is 38.3. The largest absolute Gasteiger partial charge is 0.416 e. The van der Waals surface area contributed by atoms with Crippen LogP contribution in [0.25, 0.3) is 6.08 Å². The predicted octanol–water partition coefficient (Wildman–Crippen LogP) is 6.12. The number of ketones is 1. The highest BCUT2D eigenvalue weighted by atomic mass is 19.4. The van der Waals surface area contributed by atoms with Gasteiger partial charge in [-0.3, -0.25) is 4.79 Å². The first-order valence-electron chi connectivity index (χ1n) is 8.52. The molecule has 0 amide bonds. The monoisotopic (exact) mass is 364 g/mol. The highest BCUT2D eigenvalue weighted by Crippen LogP contribution is 2.42. The molecule has 27 heavy (non-hydrogen) atoms. The van der Waals surface area contributed by atoms with Gasteiger partial charge in [0, 0.05) is 17.1 Å². The number of allylic oxidation sites excluding steroid dienone is 1. The van der Waals surface area contributed by atoms with Crippen LogP contribution < -0.4 is 0 Å². The van der Waals surface area contributed by atoms with E-state index < -0.39 is 11.7 Å². The summed E-state index contributed by atoms with van der Waals surface area (Å²) in [5.74, 6) is -0.309.